The van der Waals surface area contributed by atoms with Gasteiger partial charge in [-0.2, -0.15) is 0 Å². The summed E-state index contributed by atoms with van der Waals surface area (Å²) in [5.41, 5.74) is 5.97. The maximum absolute atomic E-state index is 13.3. The number of aliphatic carboxylic acids is 1. The van der Waals surface area contributed by atoms with Gasteiger partial charge in [0.15, 0.2) is 0 Å². The van der Waals surface area contributed by atoms with Crippen LogP contribution in [-0.4, -0.2) is 63.5 Å². The number of carbonyl (C=O) groups is 2. The average Bonchev–Trinajstić information content (AvgIpc) is 2.73. The summed E-state index contributed by atoms with van der Waals surface area (Å²) in [6, 6.07) is 8.31. The van der Waals surface area contributed by atoms with Gasteiger partial charge < -0.3 is 19.6 Å². The summed E-state index contributed by atoms with van der Waals surface area (Å²) in [5, 5.41) is 8.73. The zero-order valence-electron chi connectivity index (χ0n) is 19.7. The number of ether oxygens (including phenoxy) is 1. The molecule has 1 heterocycles. The second-order valence-corrected chi connectivity index (χ2v) is 11.7. The van der Waals surface area contributed by atoms with E-state index in [0.29, 0.717) is 5.75 Å². The minimum absolute atomic E-state index is 0.0175. The Labute approximate surface area is 207 Å². The number of anilines is 4. The maximum Gasteiger partial charge on any atom is 0.419 e. The molecule has 0 bridgehead atoms. The number of carboxylic acids is 1. The first kappa shape index (κ1) is 25.5. The topological polar surface area (TPSA) is 73.3 Å². The van der Waals surface area contributed by atoms with Crippen molar-refractivity contribution in [1.29, 1.82) is 0 Å². The Morgan fingerprint density at radius 2 is 1.45 bits per heavy atom. The molecule has 1 amide bonds. The van der Waals surface area contributed by atoms with Gasteiger partial charge in [-0.05, 0) is 49.2 Å². The lowest BCUT2D eigenvalue weighted by molar-refractivity contribution is -0.133. The molecule has 1 aliphatic rings. The van der Waals surface area contributed by atoms with Crippen molar-refractivity contribution in [3.05, 3.63) is 35.4 Å². The fraction of sp³-hybridized carbons (Fsp3) is 0.391. The van der Waals surface area contributed by atoms with Crippen LogP contribution < -0.4 is 14.7 Å². The van der Waals surface area contributed by atoms with Gasteiger partial charge in [0.25, 0.3) is 0 Å². The first-order chi connectivity index (χ1) is 15.6. The number of aryl methyl sites for hydroxylation is 2. The van der Waals surface area contributed by atoms with E-state index < -0.39 is 12.1 Å². The molecule has 0 atom stereocenters. The number of benzene rings is 2. The summed E-state index contributed by atoms with van der Waals surface area (Å²) in [5.74, 6) is -0.323. The Morgan fingerprint density at radius 3 is 1.91 bits per heavy atom. The fourth-order valence-electron chi connectivity index (χ4n) is 3.62. The lowest BCUT2D eigenvalue weighted by atomic mass is 10.1. The normalized spacial score (nSPS) is 12.1. The van der Waals surface area contributed by atoms with Crippen molar-refractivity contribution in [3.8, 4) is 0 Å². The summed E-state index contributed by atoms with van der Waals surface area (Å²) in [7, 11) is 10.7. The lowest BCUT2D eigenvalue weighted by Crippen LogP contribution is -2.30. The Kier molecular flexibility index (Phi) is 8.36. The predicted octanol–water partition coefficient (Wildman–Crippen LogP) is 5.64. The van der Waals surface area contributed by atoms with Crippen LogP contribution in [0, 0.1) is 13.8 Å². The van der Waals surface area contributed by atoms with Crippen molar-refractivity contribution in [2.75, 3.05) is 61.0 Å². The number of carbonyl (C=O) groups excluding carboxylic acids is 1. The van der Waals surface area contributed by atoms with Gasteiger partial charge in [0.05, 0.1) is 11.4 Å². The van der Waals surface area contributed by atoms with Crippen molar-refractivity contribution in [2.45, 2.75) is 23.6 Å². The largest absolute Gasteiger partial charge is 0.481 e. The lowest BCUT2D eigenvalue weighted by Gasteiger charge is -2.33. The first-order valence-electron chi connectivity index (χ1n) is 10.3. The van der Waals surface area contributed by atoms with Crippen molar-refractivity contribution in [2.24, 2.45) is 0 Å². The molecule has 2 aromatic rings. The molecule has 10 heteroatoms. The molecule has 0 aromatic heterocycles. The van der Waals surface area contributed by atoms with Crippen LogP contribution in [0.2, 0.25) is 0 Å². The molecule has 0 saturated carbocycles. The van der Waals surface area contributed by atoms with E-state index in [0.717, 1.165) is 43.7 Å². The van der Waals surface area contributed by atoms with Crippen LogP contribution in [-0.2, 0) is 9.53 Å². The zero-order valence-corrected chi connectivity index (χ0v) is 22.1. The van der Waals surface area contributed by atoms with E-state index in [1.165, 1.54) is 21.6 Å². The number of hydrogen-bond donors (Lipinski definition) is 1. The highest BCUT2D eigenvalue weighted by Gasteiger charge is 2.31. The predicted molar refractivity (Wildman–Crippen MR) is 141 cm³/mol. The van der Waals surface area contributed by atoms with Gasteiger partial charge in [-0.1, -0.05) is 33.3 Å². The number of hydrogen-bond acceptors (Lipinski definition) is 8. The number of amides is 1. The van der Waals surface area contributed by atoms with Gasteiger partial charge in [0, 0.05) is 55.1 Å². The van der Waals surface area contributed by atoms with Crippen LogP contribution in [0.15, 0.2) is 34.1 Å². The second kappa shape index (κ2) is 10.8. The van der Waals surface area contributed by atoms with E-state index in [1.807, 2.05) is 54.2 Å². The SMILES string of the molecule is Cc1cc2c(cc1N(C)C)Sc1cc(N(C)C)c(C)cc1N2C(=O)OCCSSCC(=O)O. The third-order valence-corrected chi connectivity index (χ3v) is 8.37. The quantitative estimate of drug-likeness (QED) is 0.361. The van der Waals surface area contributed by atoms with Gasteiger partial charge in [-0.3, -0.25) is 4.79 Å². The molecule has 33 heavy (non-hydrogen) atoms. The molecule has 0 radical (unpaired) electrons. The van der Waals surface area contributed by atoms with Gasteiger partial charge in [0.2, 0.25) is 0 Å². The van der Waals surface area contributed by atoms with Crippen LogP contribution in [0.5, 0.6) is 0 Å². The molecule has 0 fully saturated rings. The van der Waals surface area contributed by atoms with Crippen molar-refractivity contribution < 1.29 is 19.4 Å². The molecule has 7 nitrogen and oxygen atoms in total. The zero-order chi connectivity index (χ0) is 24.3. The Hall–Kier alpha value is -2.17. The second-order valence-electron chi connectivity index (χ2n) is 8.03. The van der Waals surface area contributed by atoms with E-state index >= 15 is 0 Å². The highest BCUT2D eigenvalue weighted by atomic mass is 33.1. The molecule has 3 rings (SSSR count). The molecule has 0 aliphatic carbocycles. The van der Waals surface area contributed by atoms with Gasteiger partial charge in [0.1, 0.15) is 12.4 Å². The molecular formula is C23H29N3O4S3. The van der Waals surface area contributed by atoms with E-state index in [1.54, 1.807) is 16.7 Å². The summed E-state index contributed by atoms with van der Waals surface area (Å²) < 4.78 is 5.61. The van der Waals surface area contributed by atoms with Gasteiger partial charge in [-0.25, -0.2) is 9.69 Å². The number of rotatable bonds is 8. The molecule has 1 aliphatic heterocycles. The monoisotopic (exact) mass is 507 g/mol. The summed E-state index contributed by atoms with van der Waals surface area (Å²) in [4.78, 5) is 31.7. The minimum Gasteiger partial charge on any atom is -0.481 e. The van der Waals surface area contributed by atoms with Crippen molar-refractivity contribution >= 4 is 68.2 Å². The summed E-state index contributed by atoms with van der Waals surface area (Å²) >= 11 is 1.66. The highest BCUT2D eigenvalue weighted by molar-refractivity contribution is 8.76. The molecule has 1 N–H and O–H groups in total. The van der Waals surface area contributed by atoms with Crippen LogP contribution in [0.1, 0.15) is 11.1 Å². The van der Waals surface area contributed by atoms with Crippen molar-refractivity contribution in [1.82, 2.24) is 0 Å². The molecular weight excluding hydrogens is 478 g/mol. The molecule has 0 spiro atoms. The Balaban J connectivity index is 1.93. The molecule has 2 aromatic carbocycles. The molecule has 178 valence electrons. The smallest absolute Gasteiger partial charge is 0.419 e. The van der Waals surface area contributed by atoms with Crippen LogP contribution >= 0.6 is 33.3 Å². The number of fused-ring (bicyclic) bond motifs is 2. The van der Waals surface area contributed by atoms with Crippen LogP contribution in [0.25, 0.3) is 0 Å². The van der Waals surface area contributed by atoms with E-state index in [9.17, 15) is 9.59 Å². The minimum atomic E-state index is -0.858. The Bertz CT molecular complexity index is 996. The van der Waals surface area contributed by atoms with E-state index in [4.69, 9.17) is 9.84 Å². The van der Waals surface area contributed by atoms with Crippen LogP contribution in [0.3, 0.4) is 0 Å². The van der Waals surface area contributed by atoms with Gasteiger partial charge in [-0.15, -0.1) is 0 Å². The maximum atomic E-state index is 13.3. The molecule has 0 unspecified atom stereocenters. The Morgan fingerprint density at radius 1 is 0.939 bits per heavy atom. The van der Waals surface area contributed by atoms with E-state index in [2.05, 4.69) is 21.9 Å². The van der Waals surface area contributed by atoms with Crippen molar-refractivity contribution in [3.63, 3.8) is 0 Å². The number of carboxylic acid groups (broad SMARTS) is 1. The van der Waals surface area contributed by atoms with Gasteiger partial charge >= 0.3 is 12.1 Å². The number of nitrogens with zero attached hydrogens (tertiary/aromatic N) is 3. The van der Waals surface area contributed by atoms with Crippen LogP contribution in [0.4, 0.5) is 27.5 Å². The summed E-state index contributed by atoms with van der Waals surface area (Å²) in [6.45, 7) is 4.28. The molecule has 0 saturated heterocycles. The average molecular weight is 508 g/mol. The fourth-order valence-corrected chi connectivity index (χ4v) is 6.28. The standard InChI is InChI=1S/C23H29N3O4S3/c1-14-9-18-20(11-16(14)24(3)4)33-21-12-17(25(5)6)15(2)10-19(21)26(18)23(29)30-7-8-31-32-13-22(27)28/h9-12H,7-8,13H2,1-6H3,(H,27,28). The first-order valence-corrected chi connectivity index (χ1v) is 13.7. The highest BCUT2D eigenvalue weighted by Crippen LogP contribution is 2.51. The summed E-state index contributed by atoms with van der Waals surface area (Å²) in [6.07, 6.45) is -0.435. The third-order valence-electron chi connectivity index (χ3n) is 5.06. The van der Waals surface area contributed by atoms with E-state index in [-0.39, 0.29) is 12.4 Å². The third kappa shape index (κ3) is 5.85.